The maximum Gasteiger partial charge on any atom is 0.273 e. The summed E-state index contributed by atoms with van der Waals surface area (Å²) in [5.74, 6) is -1.55. The summed E-state index contributed by atoms with van der Waals surface area (Å²) >= 11 is 1.57. The number of nitrogens with one attached hydrogen (secondary N) is 4. The Morgan fingerprint density at radius 3 is 2.37 bits per heavy atom. The Labute approximate surface area is 429 Å². The molecule has 4 atom stereocenters. The van der Waals surface area contributed by atoms with Crippen LogP contribution in [0.3, 0.4) is 0 Å². The molecule has 1 saturated heterocycles. The van der Waals surface area contributed by atoms with Crippen molar-refractivity contribution in [2.45, 2.75) is 116 Å². The number of phenols is 1. The van der Waals surface area contributed by atoms with Crippen LogP contribution in [0.4, 0.5) is 0 Å². The Hall–Kier alpha value is -7.12. The molecule has 5 aromatic rings. The molecule has 1 aliphatic carbocycles. The lowest BCUT2D eigenvalue weighted by Gasteiger charge is -2.35. The molecular weight excluding hydrogens is 953 g/mol. The van der Waals surface area contributed by atoms with Gasteiger partial charge >= 0.3 is 0 Å². The zero-order valence-corrected chi connectivity index (χ0v) is 43.1. The number of aliphatic hydroxyl groups is 1. The van der Waals surface area contributed by atoms with E-state index in [9.17, 15) is 39.0 Å². The maximum absolute atomic E-state index is 14.0. The van der Waals surface area contributed by atoms with Gasteiger partial charge in [0.2, 0.25) is 17.7 Å². The molecule has 18 nitrogen and oxygen atoms in total. The van der Waals surface area contributed by atoms with Gasteiger partial charge in [0, 0.05) is 58.2 Å². The summed E-state index contributed by atoms with van der Waals surface area (Å²) in [6, 6.07) is 17.3. The second-order valence-electron chi connectivity index (χ2n) is 20.0. The van der Waals surface area contributed by atoms with E-state index in [0.29, 0.717) is 30.7 Å². The highest BCUT2D eigenvalue weighted by molar-refractivity contribution is 7.13. The number of unbranched alkanes of at least 4 members (excludes halogenated alkanes) is 4. The third kappa shape index (κ3) is 13.9. The number of nitrogens with zero attached hydrogens (tertiary/aromatic N) is 4. The summed E-state index contributed by atoms with van der Waals surface area (Å²) in [7, 11) is 3.18. The smallest absolute Gasteiger partial charge is 0.273 e. The van der Waals surface area contributed by atoms with Crippen LogP contribution in [-0.4, -0.2) is 118 Å². The lowest BCUT2D eigenvalue weighted by molar-refractivity contribution is -0.144. The Morgan fingerprint density at radius 1 is 0.918 bits per heavy atom. The van der Waals surface area contributed by atoms with E-state index in [4.69, 9.17) is 9.26 Å². The van der Waals surface area contributed by atoms with Crippen LogP contribution in [0.2, 0.25) is 0 Å². The van der Waals surface area contributed by atoms with Gasteiger partial charge in [0.25, 0.3) is 17.7 Å². The van der Waals surface area contributed by atoms with Crippen molar-refractivity contribution in [2.75, 3.05) is 33.8 Å². The van der Waals surface area contributed by atoms with Gasteiger partial charge in [-0.05, 0) is 84.5 Å². The molecule has 3 aromatic carbocycles. The first-order chi connectivity index (χ1) is 34.9. The van der Waals surface area contributed by atoms with Crippen molar-refractivity contribution < 1.29 is 48.2 Å². The number of carbonyl (C=O) groups excluding carboxylic acids is 6. The summed E-state index contributed by atoms with van der Waals surface area (Å²) in [6.45, 7) is 8.09. The Morgan fingerprint density at radius 2 is 1.66 bits per heavy atom. The summed E-state index contributed by atoms with van der Waals surface area (Å²) in [4.78, 5) is 87.0. The van der Waals surface area contributed by atoms with E-state index in [0.717, 1.165) is 64.9 Å². The van der Waals surface area contributed by atoms with E-state index < -0.39 is 35.4 Å². The fraction of sp³-hybridized carbons (Fsp3) is 0.444. The minimum absolute atomic E-state index is 0.000562. The quantitative estimate of drug-likeness (QED) is 0.0448. The summed E-state index contributed by atoms with van der Waals surface area (Å²) in [6.07, 6.45) is 4.72. The highest BCUT2D eigenvalue weighted by Gasteiger charge is 2.44. The van der Waals surface area contributed by atoms with E-state index in [2.05, 4.69) is 31.4 Å². The Kier molecular flexibility index (Phi) is 17.7. The number of benzene rings is 3. The third-order valence-corrected chi connectivity index (χ3v) is 14.1. The SMILES string of the molecule is Cc1ncsc1-c1ccc(CNC(=O)[C@@H]2C[C@@H](O)CN2C(=O)[C@@H](NC(=O)CCCCCCCNC(=O)COc2ccc3c(c2)[C@H](NC(=O)c2cc(-c4ccc(C(=O)N(C)C)c(O)c4)on2)CC3)C(C)(C)C)cc1. The van der Waals surface area contributed by atoms with Crippen LogP contribution >= 0.6 is 11.3 Å². The minimum Gasteiger partial charge on any atom is -0.507 e. The topological polar surface area (TPSA) is 246 Å². The number of thiazole rings is 1. The van der Waals surface area contributed by atoms with Crippen LogP contribution in [-0.2, 0) is 32.1 Å². The number of aryl methyl sites for hydroxylation is 2. The van der Waals surface area contributed by atoms with Crippen LogP contribution in [0.25, 0.3) is 21.8 Å². The van der Waals surface area contributed by atoms with E-state index in [-0.39, 0.29) is 85.0 Å². The molecule has 6 amide bonds. The number of fused-ring (bicyclic) bond motifs is 1. The molecule has 1 fully saturated rings. The van der Waals surface area contributed by atoms with Gasteiger partial charge in [0.1, 0.15) is 23.6 Å². The lowest BCUT2D eigenvalue weighted by Crippen LogP contribution is -2.57. The predicted octanol–water partition coefficient (Wildman–Crippen LogP) is 6.24. The van der Waals surface area contributed by atoms with Gasteiger partial charge in [-0.25, -0.2) is 4.98 Å². The van der Waals surface area contributed by atoms with Gasteiger partial charge in [0.05, 0.1) is 33.8 Å². The van der Waals surface area contributed by atoms with Crippen molar-refractivity contribution in [2.24, 2.45) is 5.41 Å². The molecule has 2 aromatic heterocycles. The molecule has 0 saturated carbocycles. The van der Waals surface area contributed by atoms with Gasteiger partial charge in [-0.3, -0.25) is 28.8 Å². The van der Waals surface area contributed by atoms with Crippen LogP contribution in [0.1, 0.15) is 121 Å². The van der Waals surface area contributed by atoms with Crippen molar-refractivity contribution in [1.82, 2.24) is 41.2 Å². The number of aliphatic hydroxyl groups excluding tert-OH is 1. The molecule has 19 heteroatoms. The number of hydrogen-bond donors (Lipinski definition) is 6. The lowest BCUT2D eigenvalue weighted by atomic mass is 9.85. The number of aromatic nitrogens is 2. The standard InChI is InChI=1S/C54H66N8O10S/c1-32-48(73-31-57-32)35-15-13-33(14-16-35)28-56-51(68)43-25-37(63)29-62(43)53(70)49(54(2,3)4)59-46(65)12-10-8-7-9-11-23-55-47(66)30-71-38-20-17-34-19-22-41(40(34)26-38)58-50(67)42-27-45(72-60-42)36-18-21-39(44(64)24-36)52(69)61(5)6/h13-18,20-21,24,26-27,31,37,41,43,49,63-64H,7-12,19,22-23,25,28-30H2,1-6H3,(H,55,66)(H,56,68)(H,58,67)(H,59,65)/t37-,41-,43+,49-/m1/s1. The Bertz CT molecular complexity index is 2780. The molecule has 0 unspecified atom stereocenters. The van der Waals surface area contributed by atoms with Gasteiger partial charge < -0.3 is 50.5 Å². The van der Waals surface area contributed by atoms with E-state index >= 15 is 0 Å². The maximum atomic E-state index is 14.0. The van der Waals surface area contributed by atoms with Crippen molar-refractivity contribution in [3.63, 3.8) is 0 Å². The number of phenolic OH excluding ortho intramolecular Hbond substituents is 1. The predicted molar refractivity (Wildman–Crippen MR) is 274 cm³/mol. The second kappa shape index (κ2) is 24.1. The number of likely N-dealkylation sites (tertiary alicyclic amines) is 1. The molecule has 0 spiro atoms. The van der Waals surface area contributed by atoms with Gasteiger partial charge in [-0.2, -0.15) is 0 Å². The highest BCUT2D eigenvalue weighted by atomic mass is 32.1. The largest absolute Gasteiger partial charge is 0.507 e. The van der Waals surface area contributed by atoms with E-state index in [1.54, 1.807) is 37.6 Å². The van der Waals surface area contributed by atoms with Crippen LogP contribution in [0, 0.1) is 12.3 Å². The molecule has 0 bridgehead atoms. The van der Waals surface area contributed by atoms with Crippen LogP contribution < -0.4 is 26.0 Å². The fourth-order valence-electron chi connectivity index (χ4n) is 9.06. The van der Waals surface area contributed by atoms with Crippen molar-refractivity contribution in [3.8, 4) is 33.3 Å². The van der Waals surface area contributed by atoms with Crippen molar-refractivity contribution >= 4 is 46.8 Å². The number of β-amino-alcohol motifs (C(OH)–C–C–N with tert-alkyl or cyclic N) is 1. The zero-order valence-electron chi connectivity index (χ0n) is 42.3. The normalized spacial score (nSPS) is 16.6. The zero-order chi connectivity index (χ0) is 52.4. The fourth-order valence-corrected chi connectivity index (χ4v) is 9.87. The molecule has 0 radical (unpaired) electrons. The van der Waals surface area contributed by atoms with Crippen LogP contribution in [0.15, 0.2) is 76.8 Å². The van der Waals surface area contributed by atoms with Crippen LogP contribution in [0.5, 0.6) is 11.5 Å². The molecular formula is C54H66N8O10S. The average Bonchev–Trinajstić information content (AvgIpc) is 4.19. The number of amides is 6. The minimum atomic E-state index is -0.900. The Balaban J connectivity index is 0.779. The second-order valence-corrected chi connectivity index (χ2v) is 20.9. The van der Waals surface area contributed by atoms with Gasteiger partial charge in [-0.1, -0.05) is 81.6 Å². The highest BCUT2D eigenvalue weighted by Crippen LogP contribution is 2.35. The summed E-state index contributed by atoms with van der Waals surface area (Å²) < 4.78 is 11.2. The number of rotatable bonds is 21. The summed E-state index contributed by atoms with van der Waals surface area (Å²) in [5.41, 5.74) is 6.64. The number of aromatic hydroxyl groups is 1. The first kappa shape index (κ1) is 53.7. The summed E-state index contributed by atoms with van der Waals surface area (Å²) in [5, 5.41) is 36.7. The first-order valence-corrected chi connectivity index (χ1v) is 25.6. The molecule has 73 heavy (non-hydrogen) atoms. The molecule has 3 heterocycles. The molecule has 7 rings (SSSR count). The molecule has 1 aliphatic heterocycles. The van der Waals surface area contributed by atoms with Crippen molar-refractivity contribution in [1.29, 1.82) is 0 Å². The average molecular weight is 1020 g/mol. The monoisotopic (exact) mass is 1020 g/mol. The first-order valence-electron chi connectivity index (χ1n) is 24.8. The number of hydrogen-bond acceptors (Lipinski definition) is 13. The number of ether oxygens (including phenoxy) is 1. The van der Waals surface area contributed by atoms with E-state index in [1.807, 2.05) is 69.6 Å². The van der Waals surface area contributed by atoms with Gasteiger partial charge in [0.15, 0.2) is 18.1 Å². The molecule has 6 N–H and O–H groups in total. The number of carbonyl (C=O) groups is 6. The van der Waals surface area contributed by atoms with Gasteiger partial charge in [-0.15, -0.1) is 11.3 Å². The molecule has 2 aliphatic rings. The molecule has 388 valence electrons. The van der Waals surface area contributed by atoms with E-state index in [1.165, 1.54) is 28.0 Å². The third-order valence-electron chi connectivity index (χ3n) is 13.1. The van der Waals surface area contributed by atoms with Crippen molar-refractivity contribution in [3.05, 3.63) is 106 Å².